The van der Waals surface area contributed by atoms with Crippen LogP contribution in [0.3, 0.4) is 0 Å². The molecule has 0 fully saturated rings. The normalized spacial score (nSPS) is 12.2. The maximum absolute atomic E-state index is 13.0. The molecule has 2 N–H and O–H groups in total. The van der Waals surface area contributed by atoms with Crippen molar-refractivity contribution < 1.29 is 17.9 Å². The summed E-state index contributed by atoms with van der Waals surface area (Å²) in [5.41, 5.74) is 1.56. The number of benzene rings is 3. The number of ether oxygens (including phenoxy) is 1. The van der Waals surface area contributed by atoms with E-state index in [0.717, 1.165) is 11.1 Å². The van der Waals surface area contributed by atoms with Crippen LogP contribution in [0.15, 0.2) is 77.7 Å². The lowest BCUT2D eigenvalue weighted by Gasteiger charge is -2.20. The highest BCUT2D eigenvalue weighted by Gasteiger charge is 2.28. The van der Waals surface area contributed by atoms with E-state index in [1.54, 1.807) is 13.2 Å². The van der Waals surface area contributed by atoms with Gasteiger partial charge in [0.15, 0.2) is 0 Å². The second-order valence-electron chi connectivity index (χ2n) is 6.97. The fourth-order valence-corrected chi connectivity index (χ4v) is 5.08. The average Bonchev–Trinajstić information content (AvgIpc) is 2.79. The zero-order valence-electron chi connectivity index (χ0n) is 17.2. The van der Waals surface area contributed by atoms with Gasteiger partial charge in [-0.05, 0) is 36.2 Å². The monoisotopic (exact) mass is 492 g/mol. The van der Waals surface area contributed by atoms with Gasteiger partial charge in [0.25, 0.3) is 0 Å². The van der Waals surface area contributed by atoms with Crippen molar-refractivity contribution in [2.75, 3.05) is 7.11 Å². The van der Waals surface area contributed by atoms with E-state index in [4.69, 9.17) is 27.9 Å². The Morgan fingerprint density at radius 1 is 1.00 bits per heavy atom. The van der Waals surface area contributed by atoms with Gasteiger partial charge >= 0.3 is 0 Å². The Morgan fingerprint density at radius 3 is 2.41 bits per heavy atom. The van der Waals surface area contributed by atoms with Crippen molar-refractivity contribution in [3.05, 3.63) is 94.0 Å². The third kappa shape index (κ3) is 6.23. The average molecular weight is 493 g/mol. The molecule has 0 unspecified atom stereocenters. The van der Waals surface area contributed by atoms with Crippen LogP contribution in [-0.4, -0.2) is 27.5 Å². The molecule has 3 aromatic rings. The first-order chi connectivity index (χ1) is 15.3. The van der Waals surface area contributed by atoms with Crippen LogP contribution in [0.5, 0.6) is 5.75 Å². The molecule has 0 saturated heterocycles. The van der Waals surface area contributed by atoms with Crippen LogP contribution < -0.4 is 14.8 Å². The number of halogens is 2. The molecule has 168 valence electrons. The van der Waals surface area contributed by atoms with E-state index >= 15 is 0 Å². The molecule has 0 radical (unpaired) electrons. The van der Waals surface area contributed by atoms with E-state index in [9.17, 15) is 13.2 Å². The summed E-state index contributed by atoms with van der Waals surface area (Å²) in [7, 11) is -2.58. The zero-order chi connectivity index (χ0) is 23.1. The molecule has 3 rings (SSSR count). The fourth-order valence-electron chi connectivity index (χ4n) is 3.13. The molecule has 0 aromatic heterocycles. The summed E-state index contributed by atoms with van der Waals surface area (Å²) >= 11 is 12.0. The number of hydrogen-bond donors (Lipinski definition) is 2. The summed E-state index contributed by atoms with van der Waals surface area (Å²) in [5.74, 6) is 0.139. The molecule has 0 saturated carbocycles. The number of hydrogen-bond acceptors (Lipinski definition) is 4. The number of nitrogens with one attached hydrogen (secondary N) is 2. The van der Waals surface area contributed by atoms with Crippen molar-refractivity contribution in [2.24, 2.45) is 0 Å². The number of methoxy groups -OCH3 is 1. The summed E-state index contributed by atoms with van der Waals surface area (Å²) in [4.78, 5) is 12.9. The molecule has 32 heavy (non-hydrogen) atoms. The molecular formula is C23H22Cl2N2O4S. The van der Waals surface area contributed by atoms with E-state index < -0.39 is 22.0 Å². The smallest absolute Gasteiger partial charge is 0.242 e. The topological polar surface area (TPSA) is 84.5 Å². The van der Waals surface area contributed by atoms with Crippen molar-refractivity contribution >= 4 is 39.1 Å². The number of carbonyl (C=O) groups excluding carboxylic acids is 1. The van der Waals surface area contributed by atoms with E-state index in [0.29, 0.717) is 5.75 Å². The van der Waals surface area contributed by atoms with Crippen LogP contribution in [0.4, 0.5) is 0 Å². The second kappa shape index (κ2) is 10.8. The molecule has 1 amide bonds. The van der Waals surface area contributed by atoms with Gasteiger partial charge in [0.1, 0.15) is 16.7 Å². The quantitative estimate of drug-likeness (QED) is 0.468. The molecule has 1 atom stereocenters. The summed E-state index contributed by atoms with van der Waals surface area (Å²) in [6.45, 7) is 0.174. The minimum absolute atomic E-state index is 0.00907. The Labute approximate surface area is 197 Å². The predicted molar refractivity (Wildman–Crippen MR) is 126 cm³/mol. The molecule has 9 heteroatoms. The van der Waals surface area contributed by atoms with E-state index in [1.807, 2.05) is 48.5 Å². The Kier molecular flexibility index (Phi) is 8.15. The van der Waals surface area contributed by atoms with Crippen molar-refractivity contribution in [1.82, 2.24) is 10.0 Å². The van der Waals surface area contributed by atoms with E-state index in [2.05, 4.69) is 10.0 Å². The Hall–Kier alpha value is -2.58. The summed E-state index contributed by atoms with van der Waals surface area (Å²) < 4.78 is 33.8. The third-order valence-corrected chi connectivity index (χ3v) is 6.91. The van der Waals surface area contributed by atoms with Gasteiger partial charge in [-0.15, -0.1) is 0 Å². The Bertz CT molecular complexity index is 1190. The van der Waals surface area contributed by atoms with Crippen LogP contribution in [0.25, 0.3) is 0 Å². The Morgan fingerprint density at radius 2 is 1.69 bits per heavy atom. The van der Waals surface area contributed by atoms with Crippen LogP contribution in [0.1, 0.15) is 11.1 Å². The number of amides is 1. The highest BCUT2D eigenvalue weighted by atomic mass is 35.5. The third-order valence-electron chi connectivity index (χ3n) is 4.72. The second-order valence-corrected chi connectivity index (χ2v) is 9.49. The first-order valence-corrected chi connectivity index (χ1v) is 11.9. The lowest BCUT2D eigenvalue weighted by Crippen LogP contribution is -2.47. The van der Waals surface area contributed by atoms with Gasteiger partial charge < -0.3 is 10.1 Å². The standard InChI is InChI=1S/C23H22Cl2N2O4S/c1-31-21-10-6-5-9-17(21)15-26-23(28)20(13-16-7-3-2-4-8-16)27-32(29,30)22-14-18(24)11-12-19(22)25/h2-12,14,20,27H,13,15H2,1H3,(H,26,28)/t20-/m0/s1. The summed E-state index contributed by atoms with van der Waals surface area (Å²) in [5, 5.41) is 3.02. The first kappa shape index (κ1) is 24.1. The predicted octanol–water partition coefficient (Wildman–Crippen LogP) is 4.21. The van der Waals surface area contributed by atoms with Crippen LogP contribution in [0, 0.1) is 0 Å². The SMILES string of the molecule is COc1ccccc1CNC(=O)[C@H](Cc1ccccc1)NS(=O)(=O)c1cc(Cl)ccc1Cl. The van der Waals surface area contributed by atoms with Crippen LogP contribution >= 0.6 is 23.2 Å². The summed E-state index contributed by atoms with van der Waals surface area (Å²) in [6, 6.07) is 19.4. The zero-order valence-corrected chi connectivity index (χ0v) is 19.5. The molecule has 0 aliphatic heterocycles. The molecule has 0 bridgehead atoms. The highest BCUT2D eigenvalue weighted by molar-refractivity contribution is 7.89. The first-order valence-electron chi connectivity index (χ1n) is 9.71. The Balaban J connectivity index is 1.84. The maximum atomic E-state index is 13.0. The lowest BCUT2D eigenvalue weighted by molar-refractivity contribution is -0.122. The molecule has 0 spiro atoms. The molecule has 0 heterocycles. The highest BCUT2D eigenvalue weighted by Crippen LogP contribution is 2.25. The molecule has 3 aromatic carbocycles. The van der Waals surface area contributed by atoms with Gasteiger partial charge in [-0.1, -0.05) is 71.7 Å². The number of rotatable bonds is 9. The van der Waals surface area contributed by atoms with Gasteiger partial charge in [-0.3, -0.25) is 4.79 Å². The van der Waals surface area contributed by atoms with Crippen LogP contribution in [-0.2, 0) is 27.8 Å². The number of sulfonamides is 1. The van der Waals surface area contributed by atoms with Crippen molar-refractivity contribution in [3.8, 4) is 5.75 Å². The maximum Gasteiger partial charge on any atom is 0.242 e. The molecule has 6 nitrogen and oxygen atoms in total. The van der Waals surface area contributed by atoms with Crippen molar-refractivity contribution in [2.45, 2.75) is 23.9 Å². The lowest BCUT2D eigenvalue weighted by atomic mass is 10.1. The van der Waals surface area contributed by atoms with Crippen molar-refractivity contribution in [1.29, 1.82) is 0 Å². The number of para-hydroxylation sites is 1. The van der Waals surface area contributed by atoms with Crippen molar-refractivity contribution in [3.63, 3.8) is 0 Å². The molecule has 0 aliphatic carbocycles. The minimum Gasteiger partial charge on any atom is -0.496 e. The van der Waals surface area contributed by atoms with E-state index in [1.165, 1.54) is 18.2 Å². The van der Waals surface area contributed by atoms with Gasteiger partial charge in [-0.25, -0.2) is 8.42 Å². The van der Waals surface area contributed by atoms with E-state index in [-0.39, 0.29) is 27.9 Å². The largest absolute Gasteiger partial charge is 0.496 e. The summed E-state index contributed by atoms with van der Waals surface area (Å²) in [6.07, 6.45) is 0.149. The van der Waals surface area contributed by atoms with Gasteiger partial charge in [0, 0.05) is 17.1 Å². The van der Waals surface area contributed by atoms with Crippen LogP contribution in [0.2, 0.25) is 10.0 Å². The molecular weight excluding hydrogens is 471 g/mol. The van der Waals surface area contributed by atoms with Gasteiger partial charge in [0.05, 0.1) is 12.1 Å². The van der Waals surface area contributed by atoms with Gasteiger partial charge in [-0.2, -0.15) is 4.72 Å². The molecule has 0 aliphatic rings. The minimum atomic E-state index is -4.13. The van der Waals surface area contributed by atoms with Gasteiger partial charge in [0.2, 0.25) is 15.9 Å². The number of carbonyl (C=O) groups is 1. The fraction of sp³-hybridized carbons (Fsp3) is 0.174.